The van der Waals surface area contributed by atoms with Crippen LogP contribution < -0.4 is 5.32 Å². The van der Waals surface area contributed by atoms with Crippen molar-refractivity contribution in [2.24, 2.45) is 16.2 Å². The van der Waals surface area contributed by atoms with Crippen LogP contribution in [0.5, 0.6) is 0 Å². The van der Waals surface area contributed by atoms with Crippen molar-refractivity contribution in [3.63, 3.8) is 0 Å². The predicted molar refractivity (Wildman–Crippen MR) is 88.1 cm³/mol. The number of benzene rings is 1. The molecule has 4 heteroatoms. The maximum Gasteiger partial charge on any atom is 0.239 e. The monoisotopic (exact) mass is 313 g/mol. The number of anilines is 1. The van der Waals surface area contributed by atoms with Crippen molar-refractivity contribution in [1.82, 2.24) is 0 Å². The first kappa shape index (κ1) is 15.9. The zero-order valence-corrected chi connectivity index (χ0v) is 14.4. The van der Waals surface area contributed by atoms with Gasteiger partial charge in [0.2, 0.25) is 17.5 Å². The molecule has 122 valence electrons. The number of hydrogen-bond donors (Lipinski definition) is 1. The summed E-state index contributed by atoms with van der Waals surface area (Å²) in [5, 5.41) is 2.92. The molecule has 0 radical (unpaired) electrons. The molecule has 23 heavy (non-hydrogen) atoms. The van der Waals surface area contributed by atoms with Crippen LogP contribution in [-0.2, 0) is 14.4 Å². The lowest BCUT2D eigenvalue weighted by molar-refractivity contribution is -0.147. The average Bonchev–Trinajstić information content (AvgIpc) is 2.75. The molecule has 2 atom stereocenters. The second kappa shape index (κ2) is 4.53. The minimum absolute atomic E-state index is 0.337. The number of hydrogen-bond acceptors (Lipinski definition) is 3. The predicted octanol–water partition coefficient (Wildman–Crippen LogP) is 3.21. The zero-order chi connectivity index (χ0) is 17.2. The number of ketones is 2. The van der Waals surface area contributed by atoms with E-state index in [-0.39, 0.29) is 11.7 Å². The molecule has 2 aliphatic carbocycles. The molecule has 2 bridgehead atoms. The molecule has 1 amide bonds. The molecule has 0 unspecified atom stereocenters. The average molecular weight is 313 g/mol. The summed E-state index contributed by atoms with van der Waals surface area (Å²) in [5.74, 6) is -1.24. The molecule has 3 rings (SSSR count). The fourth-order valence-electron chi connectivity index (χ4n) is 4.37. The number of Topliss-reactive ketones (excluding diaryl/α,β-unsaturated/α-hetero) is 2. The summed E-state index contributed by atoms with van der Waals surface area (Å²) in [6.45, 7) is 9.45. The highest BCUT2D eigenvalue weighted by molar-refractivity contribution is 6.49. The van der Waals surface area contributed by atoms with Crippen molar-refractivity contribution < 1.29 is 14.4 Å². The van der Waals surface area contributed by atoms with Gasteiger partial charge in [-0.05, 0) is 49.3 Å². The fraction of sp³-hybridized carbons (Fsp3) is 0.526. The molecule has 1 aromatic rings. The third-order valence-corrected chi connectivity index (χ3v) is 6.57. The highest BCUT2D eigenvalue weighted by Gasteiger charge is 2.77. The zero-order valence-electron chi connectivity index (χ0n) is 14.4. The van der Waals surface area contributed by atoms with Crippen LogP contribution in [0.4, 0.5) is 5.69 Å². The smallest absolute Gasteiger partial charge is 0.239 e. The number of rotatable bonds is 2. The van der Waals surface area contributed by atoms with E-state index < -0.39 is 22.0 Å². The van der Waals surface area contributed by atoms with Crippen LogP contribution in [0.3, 0.4) is 0 Å². The van der Waals surface area contributed by atoms with E-state index in [1.165, 1.54) is 0 Å². The minimum Gasteiger partial charge on any atom is -0.325 e. The maximum absolute atomic E-state index is 13.1. The molecule has 2 aliphatic rings. The van der Waals surface area contributed by atoms with Gasteiger partial charge in [-0.2, -0.15) is 0 Å². The Morgan fingerprint density at radius 1 is 1.04 bits per heavy atom. The third kappa shape index (κ3) is 1.69. The normalized spacial score (nSPS) is 31.5. The Balaban J connectivity index is 2.04. The second-order valence-electron chi connectivity index (χ2n) is 7.79. The van der Waals surface area contributed by atoms with Gasteiger partial charge in [0.05, 0.1) is 0 Å². The summed E-state index contributed by atoms with van der Waals surface area (Å²) in [5.41, 5.74) is 0.0398. The molecule has 1 aromatic carbocycles. The number of carbonyl (C=O) groups is 3. The highest BCUT2D eigenvalue weighted by atomic mass is 16.2. The van der Waals surface area contributed by atoms with Gasteiger partial charge >= 0.3 is 0 Å². The van der Waals surface area contributed by atoms with E-state index in [1.54, 1.807) is 0 Å². The van der Waals surface area contributed by atoms with Gasteiger partial charge in [0.15, 0.2) is 0 Å². The molecule has 0 aliphatic heterocycles. The van der Waals surface area contributed by atoms with E-state index >= 15 is 0 Å². The van der Waals surface area contributed by atoms with Crippen molar-refractivity contribution in [2.45, 2.75) is 47.5 Å². The van der Waals surface area contributed by atoms with Crippen molar-refractivity contribution >= 4 is 23.2 Å². The summed E-state index contributed by atoms with van der Waals surface area (Å²) in [6, 6.07) is 5.81. The number of nitrogens with one attached hydrogen (secondary N) is 1. The summed E-state index contributed by atoms with van der Waals surface area (Å²) in [6.07, 6.45) is 1.03. The molecule has 0 heterocycles. The van der Waals surface area contributed by atoms with E-state index in [2.05, 4.69) is 5.32 Å². The quantitative estimate of drug-likeness (QED) is 0.673. The van der Waals surface area contributed by atoms with Gasteiger partial charge in [-0.15, -0.1) is 0 Å². The van der Waals surface area contributed by atoms with Crippen LogP contribution in [0.1, 0.15) is 44.7 Å². The summed E-state index contributed by atoms with van der Waals surface area (Å²) in [4.78, 5) is 38.2. The summed E-state index contributed by atoms with van der Waals surface area (Å²) in [7, 11) is 0. The first-order chi connectivity index (χ1) is 10.6. The van der Waals surface area contributed by atoms with Crippen molar-refractivity contribution in [2.75, 3.05) is 5.32 Å². The third-order valence-electron chi connectivity index (χ3n) is 6.57. The molecule has 1 N–H and O–H groups in total. The van der Waals surface area contributed by atoms with Crippen LogP contribution in [0.25, 0.3) is 0 Å². The number of aryl methyl sites for hydroxylation is 2. The van der Waals surface area contributed by atoms with Crippen LogP contribution in [0.2, 0.25) is 0 Å². The Morgan fingerprint density at radius 3 is 2.26 bits per heavy atom. The molecule has 0 spiro atoms. The van der Waals surface area contributed by atoms with Crippen molar-refractivity contribution in [1.29, 1.82) is 0 Å². The first-order valence-corrected chi connectivity index (χ1v) is 8.06. The highest BCUT2D eigenvalue weighted by Crippen LogP contribution is 2.69. The van der Waals surface area contributed by atoms with E-state index in [0.717, 1.165) is 11.1 Å². The van der Waals surface area contributed by atoms with Crippen LogP contribution in [0.15, 0.2) is 18.2 Å². The molecule has 2 saturated carbocycles. The molecule has 0 saturated heterocycles. The lowest BCUT2D eigenvalue weighted by atomic mass is 9.64. The number of carbonyl (C=O) groups excluding carboxylic acids is 3. The Bertz CT molecular complexity index is 749. The Labute approximate surface area is 136 Å². The van der Waals surface area contributed by atoms with Crippen LogP contribution in [-0.4, -0.2) is 17.5 Å². The Morgan fingerprint density at radius 2 is 1.70 bits per heavy atom. The van der Waals surface area contributed by atoms with Crippen molar-refractivity contribution in [3.05, 3.63) is 29.3 Å². The largest absolute Gasteiger partial charge is 0.325 e. The Kier molecular flexibility index (Phi) is 3.13. The lowest BCUT2D eigenvalue weighted by Crippen LogP contribution is -2.47. The maximum atomic E-state index is 13.1. The molecular weight excluding hydrogens is 290 g/mol. The van der Waals surface area contributed by atoms with E-state index in [4.69, 9.17) is 0 Å². The van der Waals surface area contributed by atoms with Gasteiger partial charge in [-0.1, -0.05) is 32.9 Å². The van der Waals surface area contributed by atoms with Crippen LogP contribution >= 0.6 is 0 Å². The van der Waals surface area contributed by atoms with Gasteiger partial charge in [0, 0.05) is 11.1 Å². The Hall–Kier alpha value is -1.97. The van der Waals surface area contributed by atoms with Gasteiger partial charge in [0.25, 0.3) is 0 Å². The van der Waals surface area contributed by atoms with Gasteiger partial charge < -0.3 is 5.32 Å². The summed E-state index contributed by atoms with van der Waals surface area (Å²) < 4.78 is 0. The summed E-state index contributed by atoms with van der Waals surface area (Å²) >= 11 is 0. The fourth-order valence-corrected chi connectivity index (χ4v) is 4.37. The van der Waals surface area contributed by atoms with Gasteiger partial charge in [-0.25, -0.2) is 0 Å². The van der Waals surface area contributed by atoms with Crippen LogP contribution in [0, 0.1) is 30.1 Å². The SMILES string of the molecule is Cc1ccc(C)c(NC(=O)[C@]23CC[C@](C)(C(=O)C2=O)C3(C)C)c1. The van der Waals surface area contributed by atoms with Gasteiger partial charge in [-0.3, -0.25) is 14.4 Å². The molecule has 2 fully saturated rings. The topological polar surface area (TPSA) is 63.2 Å². The standard InChI is InChI=1S/C19H23NO3/c1-11-6-7-12(2)13(10-11)20-16(23)19-9-8-18(5,17(19,3)4)14(21)15(19)22/h6-7,10H,8-9H2,1-5H3,(H,20,23)/t18-,19+/m1/s1. The number of fused-ring (bicyclic) bond motifs is 2. The van der Waals surface area contributed by atoms with E-state index in [1.807, 2.05) is 52.8 Å². The van der Waals surface area contributed by atoms with Crippen molar-refractivity contribution in [3.8, 4) is 0 Å². The van der Waals surface area contributed by atoms with Gasteiger partial charge in [0.1, 0.15) is 5.41 Å². The lowest BCUT2D eigenvalue weighted by Gasteiger charge is -2.37. The first-order valence-electron chi connectivity index (χ1n) is 8.06. The van der Waals surface area contributed by atoms with E-state index in [9.17, 15) is 14.4 Å². The molecule has 0 aromatic heterocycles. The second-order valence-corrected chi connectivity index (χ2v) is 7.79. The molecule has 4 nitrogen and oxygen atoms in total. The minimum atomic E-state index is -1.24. The van der Waals surface area contributed by atoms with E-state index in [0.29, 0.717) is 18.5 Å². The molecular formula is C19H23NO3. The number of amides is 1.